The van der Waals surface area contributed by atoms with E-state index in [1.54, 1.807) is 11.8 Å². The minimum absolute atomic E-state index is 0.0373. The molecule has 2 aliphatic rings. The van der Waals surface area contributed by atoms with Crippen LogP contribution in [0, 0.1) is 5.92 Å². The smallest absolute Gasteiger partial charge is 0.426 e. The second-order valence-corrected chi connectivity index (χ2v) is 10.4. The summed E-state index contributed by atoms with van der Waals surface area (Å²) in [5.41, 5.74) is -0.680. The Balaban J connectivity index is 1.58. The lowest BCUT2D eigenvalue weighted by molar-refractivity contribution is -0.308. The Morgan fingerprint density at radius 1 is 1.15 bits per heavy atom. The van der Waals surface area contributed by atoms with Crippen LogP contribution in [0.2, 0.25) is 0 Å². The number of carbonyl (C=O) groups is 3. The summed E-state index contributed by atoms with van der Waals surface area (Å²) in [7, 11) is 1.52. The number of piperidine rings is 1. The molecule has 1 saturated carbocycles. The van der Waals surface area contributed by atoms with Gasteiger partial charge in [-0.1, -0.05) is 6.92 Å². The summed E-state index contributed by atoms with van der Waals surface area (Å²) in [5, 5.41) is 0. The highest BCUT2D eigenvalue weighted by atomic mass is 19.4. The first kappa shape index (κ1) is 30.5. The SMILES string of the molecule is CCCN(Cc1ncc(C(=O)N(C)C2(C)CCN(C(=O)OC(C(F)(F)F)C(F)(F)F)CC2)[nH]1)C(=O)CC1CC1. The zero-order valence-corrected chi connectivity index (χ0v) is 22.0. The van der Waals surface area contributed by atoms with Crippen molar-refractivity contribution in [2.45, 2.75) is 82.9 Å². The number of ether oxygens (including phenoxy) is 1. The van der Waals surface area contributed by atoms with Crippen molar-refractivity contribution in [2.75, 3.05) is 26.7 Å². The van der Waals surface area contributed by atoms with Gasteiger partial charge in [-0.25, -0.2) is 9.78 Å². The highest BCUT2D eigenvalue weighted by Crippen LogP contribution is 2.37. The number of carbonyl (C=O) groups excluding carboxylic acids is 3. The number of alkyl halides is 6. The lowest BCUT2D eigenvalue weighted by atomic mass is 9.88. The van der Waals surface area contributed by atoms with Gasteiger partial charge in [-0.05, 0) is 44.9 Å². The summed E-state index contributed by atoms with van der Waals surface area (Å²) in [5.74, 6) is 0.475. The van der Waals surface area contributed by atoms with Crippen LogP contribution in [0.3, 0.4) is 0 Å². The van der Waals surface area contributed by atoms with Crippen LogP contribution in [-0.4, -0.2) is 93.3 Å². The van der Waals surface area contributed by atoms with Crippen LogP contribution >= 0.6 is 0 Å². The molecule has 9 nitrogen and oxygen atoms in total. The van der Waals surface area contributed by atoms with Crippen molar-refractivity contribution in [2.24, 2.45) is 5.92 Å². The molecule has 0 aromatic carbocycles. The van der Waals surface area contributed by atoms with Crippen LogP contribution in [-0.2, 0) is 16.1 Å². The van der Waals surface area contributed by atoms with Crippen molar-refractivity contribution in [1.29, 1.82) is 0 Å². The highest BCUT2D eigenvalue weighted by Gasteiger charge is 2.60. The molecule has 0 unspecified atom stereocenters. The monoisotopic (exact) mass is 569 g/mol. The molecule has 220 valence electrons. The van der Waals surface area contributed by atoms with Gasteiger partial charge in [-0.3, -0.25) is 9.59 Å². The molecule has 0 spiro atoms. The number of aromatic nitrogens is 2. The summed E-state index contributed by atoms with van der Waals surface area (Å²) in [6, 6.07) is 0. The molecule has 1 aromatic heterocycles. The number of imidazole rings is 1. The van der Waals surface area contributed by atoms with E-state index in [-0.39, 0.29) is 44.1 Å². The van der Waals surface area contributed by atoms with E-state index in [1.807, 2.05) is 6.92 Å². The van der Waals surface area contributed by atoms with E-state index in [1.165, 1.54) is 18.1 Å². The van der Waals surface area contributed by atoms with Gasteiger partial charge in [0.25, 0.3) is 12.0 Å². The molecule has 1 N–H and O–H groups in total. The number of H-pyrrole nitrogens is 1. The van der Waals surface area contributed by atoms with Crippen LogP contribution in [0.15, 0.2) is 6.20 Å². The molecule has 1 saturated heterocycles. The molecule has 3 rings (SSSR count). The Morgan fingerprint density at radius 2 is 1.74 bits per heavy atom. The molecular formula is C24H33F6N5O4. The van der Waals surface area contributed by atoms with E-state index < -0.39 is 36.0 Å². The third-order valence-electron chi connectivity index (χ3n) is 7.23. The Labute approximate surface area is 221 Å². The predicted molar refractivity (Wildman–Crippen MR) is 125 cm³/mol. The molecule has 3 amide bonds. The van der Waals surface area contributed by atoms with Gasteiger partial charge >= 0.3 is 18.4 Å². The van der Waals surface area contributed by atoms with E-state index >= 15 is 0 Å². The van der Waals surface area contributed by atoms with E-state index in [0.29, 0.717) is 24.7 Å². The molecule has 0 bridgehead atoms. The summed E-state index contributed by atoms with van der Waals surface area (Å²) < 4.78 is 80.2. The second kappa shape index (κ2) is 11.6. The van der Waals surface area contributed by atoms with Crippen molar-refractivity contribution >= 4 is 17.9 Å². The number of likely N-dealkylation sites (tertiary alicyclic amines) is 1. The number of aromatic amines is 1. The summed E-state index contributed by atoms with van der Waals surface area (Å²) in [4.78, 5) is 48.9. The minimum atomic E-state index is -5.80. The number of nitrogens with zero attached hydrogens (tertiary/aromatic N) is 4. The van der Waals surface area contributed by atoms with Crippen LogP contribution in [0.4, 0.5) is 31.1 Å². The fourth-order valence-electron chi connectivity index (χ4n) is 4.42. The average Bonchev–Trinajstić information content (AvgIpc) is 3.53. The lowest BCUT2D eigenvalue weighted by Gasteiger charge is -2.44. The molecule has 2 fully saturated rings. The minimum Gasteiger partial charge on any atom is -0.426 e. The first-order valence-electron chi connectivity index (χ1n) is 12.7. The summed E-state index contributed by atoms with van der Waals surface area (Å²) >= 11 is 0. The summed E-state index contributed by atoms with van der Waals surface area (Å²) in [6.45, 7) is 4.02. The zero-order valence-electron chi connectivity index (χ0n) is 22.0. The standard InChI is InChI=1S/C24H33F6N5O4/c1-4-9-35(18(36)12-15-5-6-15)14-17-31-13-16(32-17)19(37)33(3)22(2)7-10-34(11-8-22)21(38)39-20(23(25,26)27)24(28,29)30/h13,15,20H,4-12,14H2,1-3H3,(H,31,32). The van der Waals surface area contributed by atoms with Crippen LogP contribution in [0.25, 0.3) is 0 Å². The number of hydrogen-bond acceptors (Lipinski definition) is 5. The Morgan fingerprint density at radius 3 is 2.26 bits per heavy atom. The van der Waals surface area contributed by atoms with Gasteiger partial charge < -0.3 is 24.4 Å². The highest BCUT2D eigenvalue weighted by molar-refractivity contribution is 5.92. The topological polar surface area (TPSA) is 98.8 Å². The number of amides is 3. The maximum absolute atomic E-state index is 13.2. The molecule has 1 aromatic rings. The summed E-state index contributed by atoms with van der Waals surface area (Å²) in [6.07, 6.45) is -12.6. The average molecular weight is 570 g/mol. The number of rotatable bonds is 9. The van der Waals surface area contributed by atoms with Crippen LogP contribution < -0.4 is 0 Å². The van der Waals surface area contributed by atoms with Crippen molar-refractivity contribution in [1.82, 2.24) is 24.7 Å². The molecule has 39 heavy (non-hydrogen) atoms. The second-order valence-electron chi connectivity index (χ2n) is 10.4. The Kier molecular flexibility index (Phi) is 9.10. The van der Waals surface area contributed by atoms with Crippen LogP contribution in [0.1, 0.15) is 68.7 Å². The van der Waals surface area contributed by atoms with Crippen LogP contribution in [0.5, 0.6) is 0 Å². The van der Waals surface area contributed by atoms with Gasteiger partial charge in [-0.2, -0.15) is 26.3 Å². The fourth-order valence-corrected chi connectivity index (χ4v) is 4.42. The first-order chi connectivity index (χ1) is 18.0. The predicted octanol–water partition coefficient (Wildman–Crippen LogP) is 4.50. The van der Waals surface area contributed by atoms with Gasteiger partial charge in [-0.15, -0.1) is 0 Å². The zero-order chi connectivity index (χ0) is 29.2. The Hall–Kier alpha value is -3.00. The van der Waals surface area contributed by atoms with Crippen molar-refractivity contribution in [3.8, 4) is 0 Å². The van der Waals surface area contributed by atoms with E-state index in [2.05, 4.69) is 14.7 Å². The number of nitrogens with one attached hydrogen (secondary N) is 1. The molecule has 1 aliphatic heterocycles. The largest absolute Gasteiger partial charge is 0.434 e. The van der Waals surface area contributed by atoms with Gasteiger partial charge in [0.15, 0.2) is 0 Å². The molecule has 0 radical (unpaired) electrons. The lowest BCUT2D eigenvalue weighted by Crippen LogP contribution is -2.56. The van der Waals surface area contributed by atoms with Crippen molar-refractivity contribution in [3.63, 3.8) is 0 Å². The van der Waals surface area contributed by atoms with Gasteiger partial charge in [0.2, 0.25) is 5.91 Å². The molecule has 15 heteroatoms. The maximum atomic E-state index is 13.2. The van der Waals surface area contributed by atoms with Gasteiger partial charge in [0, 0.05) is 38.6 Å². The number of halogens is 6. The quantitative estimate of drug-likeness (QED) is 0.442. The van der Waals surface area contributed by atoms with Gasteiger partial charge in [0.1, 0.15) is 11.5 Å². The van der Waals surface area contributed by atoms with E-state index in [0.717, 1.165) is 24.2 Å². The number of hydrogen-bond donors (Lipinski definition) is 1. The first-order valence-corrected chi connectivity index (χ1v) is 12.7. The van der Waals surface area contributed by atoms with Crippen molar-refractivity contribution < 1.29 is 45.5 Å². The molecule has 1 aliphatic carbocycles. The Bertz CT molecular complexity index is 1020. The third-order valence-corrected chi connectivity index (χ3v) is 7.23. The molecule has 2 heterocycles. The molecule has 0 atom stereocenters. The third kappa shape index (κ3) is 7.78. The van der Waals surface area contributed by atoms with Crippen molar-refractivity contribution in [3.05, 3.63) is 17.7 Å². The van der Waals surface area contributed by atoms with Gasteiger partial charge in [0.05, 0.1) is 12.7 Å². The van der Waals surface area contributed by atoms with E-state index in [9.17, 15) is 40.7 Å². The van der Waals surface area contributed by atoms with E-state index in [4.69, 9.17) is 0 Å². The fraction of sp³-hybridized carbons (Fsp3) is 0.750. The normalized spacial score (nSPS) is 17.7. The maximum Gasteiger partial charge on any atom is 0.434 e. The molecular weight excluding hydrogens is 536 g/mol.